The molecule has 486 valence electrons. The van der Waals surface area contributed by atoms with Gasteiger partial charge in [0.25, 0.3) is 17.7 Å². The Morgan fingerprint density at radius 1 is 1.03 bits per heavy atom. The minimum absolute atomic E-state index is 0.00339. The standard InChI is InChI=1S/C28H37ClN2O7.C20H27ClN6O6S.C9H14N2O2.C3H8/c1-16-8-7-9-22(36-6)28(34)15-21(37-26(33)30-28)17(2)25-27(3,38-25)11-10-23(32)31(4)19-13-18(12-16)14-20(35-5)24(19)29;1-11(19(31)32)27(2)18(30)13-6-5-12(8-14(13)21)25-17(29)15(4-3-7-24-20(22)33)26-16(28)9-23-10-34;1-10-6-2-3-7-11-8(12)4-5-9(11)13;1-3-2/h7-9,13-14,17,21-22,25,34H,10-12,15H2,1-6H3,(H,30,33);5-6,8,10-11,15H,3-4,7,9H2,1-2H3,(H,23,34)(H,25,29)(H,26,28)(H,31,32)(H3,22,24,33);4-5,10H,2-3,6-7H2,1H3;3H2,1-2H3/b9-7+,16-8+;;;/t17-,21?,22-,25?,27+,28+;11-,15?;;/m10../s1. The summed E-state index contributed by atoms with van der Waals surface area (Å²) in [5.41, 5.74) is 6.80. The van der Waals surface area contributed by atoms with Gasteiger partial charge in [-0.2, -0.15) is 0 Å². The minimum atomic E-state index is -1.66. The molecule has 0 radical (unpaired) electrons. The van der Waals surface area contributed by atoms with Crippen molar-refractivity contribution in [1.29, 1.82) is 0 Å². The number of nitrogens with zero attached hydrogens (tertiary/aromatic N) is 3. The van der Waals surface area contributed by atoms with Gasteiger partial charge in [-0.15, -0.1) is 0 Å². The van der Waals surface area contributed by atoms with Crippen LogP contribution in [0, 0.1) is 5.92 Å². The van der Waals surface area contributed by atoms with Gasteiger partial charge in [-0.05, 0) is 109 Å². The number of epoxide rings is 1. The van der Waals surface area contributed by atoms with E-state index in [9.17, 15) is 48.3 Å². The lowest BCUT2D eigenvalue weighted by atomic mass is 9.84. The number of alkyl carbamates (subject to hydrolysis) is 1. The van der Waals surface area contributed by atoms with Gasteiger partial charge in [0.1, 0.15) is 35.1 Å². The van der Waals surface area contributed by atoms with Crippen molar-refractivity contribution in [2.75, 3.05) is 71.8 Å². The second kappa shape index (κ2) is 36.3. The molecule has 3 unspecified atom stereocenters. The van der Waals surface area contributed by atoms with Crippen molar-refractivity contribution < 1.29 is 72.3 Å². The number of carbonyl (C=O) groups excluding carboxylic acids is 8. The Hall–Kier alpha value is -7.20. The first-order valence-corrected chi connectivity index (χ1v) is 29.9. The fourth-order valence-corrected chi connectivity index (χ4v) is 10.0. The average molecular weight is 1290 g/mol. The van der Waals surface area contributed by atoms with Gasteiger partial charge in [0, 0.05) is 70.9 Å². The van der Waals surface area contributed by atoms with Crippen molar-refractivity contribution >= 4 is 106 Å². The first kappa shape index (κ1) is 75.1. The van der Waals surface area contributed by atoms with Crippen LogP contribution in [0.1, 0.15) is 109 Å². The highest BCUT2D eigenvalue weighted by Gasteiger charge is 2.59. The topological polar surface area (TPSA) is 342 Å². The zero-order valence-corrected chi connectivity index (χ0v) is 54.1. The fourth-order valence-electron chi connectivity index (χ4n) is 9.38. The lowest BCUT2D eigenvalue weighted by Gasteiger charge is -2.42. The zero-order chi connectivity index (χ0) is 66.1. The third-order valence-electron chi connectivity index (χ3n) is 14.5. The number of carboxylic acid groups (broad SMARTS) is 1. The molecule has 0 saturated carbocycles. The van der Waals surface area contributed by atoms with Gasteiger partial charge in [-0.25, -0.2) is 14.4 Å². The number of amides is 9. The molecule has 9 amide bonds. The van der Waals surface area contributed by atoms with Crippen molar-refractivity contribution in [3.8, 4) is 5.75 Å². The maximum absolute atomic E-state index is 13.2. The Kier molecular flexibility index (Phi) is 31.0. The molecule has 0 spiro atoms. The molecule has 4 heterocycles. The average Bonchev–Trinajstić information content (AvgIpc) is 1.69. The Morgan fingerprint density at radius 2 is 1.70 bits per heavy atom. The number of methoxy groups -OCH3 is 2. The van der Waals surface area contributed by atoms with E-state index in [4.69, 9.17) is 53.0 Å². The van der Waals surface area contributed by atoms with Crippen LogP contribution in [-0.2, 0) is 49.4 Å². The number of allylic oxidation sites excluding steroid dienone is 3. The molecule has 28 heteroatoms. The molecule has 2 saturated heterocycles. The Morgan fingerprint density at radius 3 is 2.30 bits per heavy atom. The van der Waals surface area contributed by atoms with E-state index in [0.29, 0.717) is 42.3 Å². The molecule has 2 aromatic carbocycles. The van der Waals surface area contributed by atoms with Crippen LogP contribution in [-0.4, -0.2) is 182 Å². The summed E-state index contributed by atoms with van der Waals surface area (Å²) in [7, 11) is 7.95. The highest BCUT2D eigenvalue weighted by Crippen LogP contribution is 2.48. The number of thiocarbonyl (C=S) groups is 1. The van der Waals surface area contributed by atoms with Crippen LogP contribution >= 0.6 is 35.4 Å². The second-order valence-electron chi connectivity index (χ2n) is 21.6. The quantitative estimate of drug-likeness (QED) is 0.0328. The minimum Gasteiger partial charge on any atom is -0.495 e. The van der Waals surface area contributed by atoms with Crippen LogP contribution in [0.5, 0.6) is 5.75 Å². The number of anilines is 2. The van der Waals surface area contributed by atoms with E-state index >= 15 is 0 Å². The number of urea groups is 1. The van der Waals surface area contributed by atoms with Crippen molar-refractivity contribution in [1.82, 2.24) is 36.4 Å². The summed E-state index contributed by atoms with van der Waals surface area (Å²) in [6.45, 7) is 13.0. The normalized spacial score (nSPS) is 22.9. The number of carboxylic acids is 1. The number of unbranched alkanes of at least 4 members (excludes halogenated alkanes) is 1. The van der Waals surface area contributed by atoms with Crippen LogP contribution in [0.15, 0.2) is 66.3 Å². The van der Waals surface area contributed by atoms with E-state index in [-0.39, 0.29) is 78.4 Å². The number of hydrogen-bond acceptors (Lipinski definition) is 16. The fraction of sp³-hybridized carbons (Fsp3) is 0.533. The Bertz CT molecular complexity index is 2880. The van der Waals surface area contributed by atoms with Crippen molar-refractivity contribution in [3.05, 3.63) is 87.5 Å². The summed E-state index contributed by atoms with van der Waals surface area (Å²) >= 11 is 17.4. The number of nitrogens with two attached hydrogens (primary N) is 1. The summed E-state index contributed by atoms with van der Waals surface area (Å²) in [5.74, 6) is -3.00. The van der Waals surface area contributed by atoms with E-state index in [2.05, 4.69) is 58.0 Å². The van der Waals surface area contributed by atoms with Gasteiger partial charge in [0.15, 0.2) is 5.72 Å². The van der Waals surface area contributed by atoms with E-state index in [1.165, 1.54) is 68.2 Å². The number of aliphatic carboxylic acids is 1. The molecule has 88 heavy (non-hydrogen) atoms. The third-order valence-corrected chi connectivity index (χ3v) is 15.3. The third kappa shape index (κ3) is 22.7. The molecule has 8 atom stereocenters. The molecule has 25 nitrogen and oxygen atoms in total. The van der Waals surface area contributed by atoms with Crippen LogP contribution in [0.4, 0.5) is 21.0 Å². The van der Waals surface area contributed by atoms with Crippen LogP contribution in [0.3, 0.4) is 0 Å². The Balaban J connectivity index is 0.000000370. The highest BCUT2D eigenvalue weighted by atomic mass is 35.5. The summed E-state index contributed by atoms with van der Waals surface area (Å²) in [6, 6.07) is 5.17. The maximum atomic E-state index is 13.2. The lowest BCUT2D eigenvalue weighted by molar-refractivity contribution is -0.142. The molecule has 4 aliphatic rings. The number of likely N-dealkylation sites (N-methyl/N-ethyl adjacent to an activating group) is 1. The number of rotatable bonds is 20. The van der Waals surface area contributed by atoms with Crippen molar-refractivity contribution in [2.24, 2.45) is 11.7 Å². The van der Waals surface area contributed by atoms with E-state index in [1.807, 2.05) is 46.0 Å². The first-order chi connectivity index (χ1) is 41.5. The van der Waals surface area contributed by atoms with E-state index < -0.39 is 71.4 Å². The van der Waals surface area contributed by atoms with Gasteiger partial charge in [0.2, 0.25) is 17.7 Å². The van der Waals surface area contributed by atoms with Crippen LogP contribution in [0.25, 0.3) is 0 Å². The lowest BCUT2D eigenvalue weighted by Crippen LogP contribution is -2.63. The van der Waals surface area contributed by atoms with Crippen molar-refractivity contribution in [2.45, 2.75) is 141 Å². The van der Waals surface area contributed by atoms with Gasteiger partial charge >= 0.3 is 18.1 Å². The van der Waals surface area contributed by atoms with E-state index in [1.54, 1.807) is 31.2 Å². The number of ether oxygens (including phenoxy) is 4. The molecule has 6 rings (SSSR count). The summed E-state index contributed by atoms with van der Waals surface area (Å²) < 4.78 is 22.7. The molecule has 4 aliphatic heterocycles. The number of halogens is 2. The van der Waals surface area contributed by atoms with Crippen molar-refractivity contribution in [3.63, 3.8) is 0 Å². The predicted octanol–water partition coefficient (Wildman–Crippen LogP) is 5.78. The number of hydrogen-bond donors (Lipinski definition) is 9. The molecule has 2 fully saturated rings. The monoisotopic (exact) mass is 1290 g/mol. The molecule has 10 N–H and O–H groups in total. The molecular weight excluding hydrogens is 1200 g/mol. The van der Waals surface area contributed by atoms with Gasteiger partial charge in [-0.1, -0.05) is 86.4 Å². The SMILES string of the molecule is CCC.CNCCCCN1C(=O)C=CC1=O.COc1cc2cc(c1Cl)N(C)C(=O)CC[C@]1(C)OC1[C@H](C)C1C[C@@](O)(NC(=O)O1)[C@H](OC)/C=C/C=C(\C)C2.C[C@@H](C(=O)O)N(C)C(=O)c1ccc(NC(=O)C(CCCNC(N)=O)NC(=O)CNC=S)cc1Cl. The number of benzene rings is 2. The number of aliphatic hydroxyl groups is 1. The first-order valence-electron chi connectivity index (χ1n) is 28.7. The number of carbonyl (C=O) groups is 9. The van der Waals surface area contributed by atoms with Gasteiger partial charge in [-0.3, -0.25) is 39.0 Å². The van der Waals surface area contributed by atoms with Gasteiger partial charge in [0.05, 0.1) is 47.1 Å². The van der Waals surface area contributed by atoms with Gasteiger partial charge < -0.3 is 71.3 Å². The van der Waals surface area contributed by atoms with E-state index in [0.717, 1.165) is 35.4 Å². The summed E-state index contributed by atoms with van der Waals surface area (Å²) in [6.07, 6.45) is 10.7. The Labute approximate surface area is 529 Å². The molecule has 0 aliphatic carbocycles. The number of imide groups is 1. The smallest absolute Gasteiger partial charge is 0.409 e. The molecule has 2 aromatic rings. The highest BCUT2D eigenvalue weighted by molar-refractivity contribution is 7.78. The van der Waals surface area contributed by atoms with Crippen LogP contribution < -0.4 is 47.3 Å². The largest absolute Gasteiger partial charge is 0.495 e. The molecule has 0 aromatic heterocycles. The maximum Gasteiger partial charge on any atom is 0.409 e. The molecule has 4 bridgehead atoms. The van der Waals surface area contributed by atoms with Crippen LogP contribution in [0.2, 0.25) is 10.0 Å². The molecular formula is C60H86Cl2N10O15S. The second-order valence-corrected chi connectivity index (χ2v) is 22.6. The number of nitrogens with one attached hydrogen (secondary N) is 6. The zero-order valence-electron chi connectivity index (χ0n) is 51.8. The summed E-state index contributed by atoms with van der Waals surface area (Å²) in [4.78, 5) is 111. The number of primary amides is 1. The number of fused-ring (bicyclic) bond motifs is 5. The summed E-state index contributed by atoms with van der Waals surface area (Å²) in [5, 5.41) is 36.6. The predicted molar refractivity (Wildman–Crippen MR) is 338 cm³/mol.